The molecule has 0 N–H and O–H groups in total. The molecule has 0 aromatic heterocycles. The summed E-state index contributed by atoms with van der Waals surface area (Å²) in [5.74, 6) is 0. The second kappa shape index (κ2) is 2.94. The van der Waals surface area contributed by atoms with Crippen LogP contribution >= 0.6 is 15.9 Å². The molecule has 0 aliphatic carbocycles. The second-order valence-electron chi connectivity index (χ2n) is 2.96. The summed E-state index contributed by atoms with van der Waals surface area (Å²) in [5.41, 5.74) is 1.30. The average molecular weight is 219 g/mol. The van der Waals surface area contributed by atoms with Crippen LogP contribution in [0, 0.1) is 0 Å². The Bertz CT molecular complexity index is 423. The fraction of sp³-hybridized carbons (Fsp3) is 0. The van der Waals surface area contributed by atoms with E-state index in [0.717, 1.165) is 0 Å². The summed E-state index contributed by atoms with van der Waals surface area (Å²) in [6.07, 6.45) is 0. The highest BCUT2D eigenvalue weighted by molar-refractivity contribution is 9.10. The van der Waals surface area contributed by atoms with Crippen LogP contribution in [0.1, 0.15) is 0 Å². The molecule has 0 atom stereocenters. The highest BCUT2D eigenvalue weighted by Gasteiger charge is 1.96. The van der Waals surface area contributed by atoms with Crippen molar-refractivity contribution in [3.8, 4) is 0 Å². The van der Waals surface area contributed by atoms with E-state index in [1.54, 1.807) is 0 Å². The van der Waals surface area contributed by atoms with Crippen molar-refractivity contribution in [1.29, 1.82) is 0 Å². The maximum absolute atomic E-state index is 3.53. The second-order valence-corrected chi connectivity index (χ2v) is 3.82. The lowest BCUT2D eigenvalue weighted by molar-refractivity contribution is 1.73. The van der Waals surface area contributed by atoms with Crippen molar-refractivity contribution in [2.45, 2.75) is 0 Å². The normalized spacial score (nSPS) is 10.4. The molecule has 0 fully saturated rings. The van der Waals surface area contributed by atoms with E-state index < -0.39 is 0 Å². The molecule has 0 aliphatic heterocycles. The molecule has 2 heteroatoms. The number of rotatable bonds is 0. The van der Waals surface area contributed by atoms with Gasteiger partial charge in [-0.3, -0.25) is 0 Å². The van der Waals surface area contributed by atoms with E-state index in [-0.39, 0.29) is 0 Å². The maximum atomic E-state index is 3.53. The van der Waals surface area contributed by atoms with E-state index in [1.165, 1.54) is 20.7 Å². The summed E-state index contributed by atoms with van der Waals surface area (Å²) in [4.78, 5) is 0. The van der Waals surface area contributed by atoms with Gasteiger partial charge in [-0.05, 0) is 16.8 Å². The summed E-state index contributed by atoms with van der Waals surface area (Å²) in [6.45, 7) is 0. The lowest BCUT2D eigenvalue weighted by Gasteiger charge is -2.00. The smallest absolute Gasteiger partial charge is 0.0883 e. The van der Waals surface area contributed by atoms with Gasteiger partial charge in [0.05, 0.1) is 0 Å². The van der Waals surface area contributed by atoms with E-state index in [0.29, 0.717) is 0 Å². The van der Waals surface area contributed by atoms with Gasteiger partial charge < -0.3 is 0 Å². The van der Waals surface area contributed by atoms with E-state index in [4.69, 9.17) is 0 Å². The van der Waals surface area contributed by atoms with Crippen molar-refractivity contribution in [1.82, 2.24) is 0 Å². The third kappa shape index (κ3) is 1.27. The molecule has 58 valence electrons. The molecule has 0 unspecified atom stereocenters. The number of halogens is 1. The van der Waals surface area contributed by atoms with Gasteiger partial charge in [0.1, 0.15) is 7.85 Å². The topological polar surface area (TPSA) is 0 Å². The van der Waals surface area contributed by atoms with E-state index in [1.807, 2.05) is 0 Å². The summed E-state index contributed by atoms with van der Waals surface area (Å²) < 4.78 is 1.17. The van der Waals surface area contributed by atoms with Crippen molar-refractivity contribution in [3.05, 3.63) is 40.9 Å². The van der Waals surface area contributed by atoms with Crippen LogP contribution in [0.4, 0.5) is 0 Å². The third-order valence-corrected chi connectivity index (χ3v) is 2.68. The standard InChI is InChI=1S/C10H8BBr/c11-8-5-4-7-2-1-3-10(12)9(7)6-8/h1-6H,11H2. The number of fused-ring (bicyclic) bond motifs is 1. The van der Waals surface area contributed by atoms with E-state index in [9.17, 15) is 0 Å². The van der Waals surface area contributed by atoms with Gasteiger partial charge in [-0.25, -0.2) is 0 Å². The van der Waals surface area contributed by atoms with Crippen LogP contribution in [0.5, 0.6) is 0 Å². The highest BCUT2D eigenvalue weighted by atomic mass is 79.9. The fourth-order valence-electron chi connectivity index (χ4n) is 1.35. The predicted octanol–water partition coefficient (Wildman–Crippen LogP) is 1.86. The minimum atomic E-state index is 1.17. The predicted molar refractivity (Wildman–Crippen MR) is 59.8 cm³/mol. The zero-order valence-electron chi connectivity index (χ0n) is 6.84. The lowest BCUT2D eigenvalue weighted by atomic mass is 9.94. The molecule has 0 amide bonds. The molecular weight excluding hydrogens is 211 g/mol. The van der Waals surface area contributed by atoms with Crippen LogP contribution in [0.25, 0.3) is 10.8 Å². The van der Waals surface area contributed by atoms with Crippen LogP contribution in [0.3, 0.4) is 0 Å². The van der Waals surface area contributed by atoms with Crippen molar-refractivity contribution in [2.75, 3.05) is 0 Å². The zero-order chi connectivity index (χ0) is 8.55. The summed E-state index contributed by atoms with van der Waals surface area (Å²) in [6, 6.07) is 12.7. The quantitative estimate of drug-likeness (QED) is 0.593. The molecule has 0 aliphatic rings. The van der Waals surface area contributed by atoms with Crippen LogP contribution in [0.2, 0.25) is 0 Å². The van der Waals surface area contributed by atoms with Gasteiger partial charge >= 0.3 is 0 Å². The Hall–Kier alpha value is -0.755. The van der Waals surface area contributed by atoms with Gasteiger partial charge in [-0.1, -0.05) is 51.7 Å². The monoisotopic (exact) mass is 218 g/mol. The van der Waals surface area contributed by atoms with Crippen molar-refractivity contribution >= 4 is 40.0 Å². The van der Waals surface area contributed by atoms with Crippen LogP contribution in [-0.2, 0) is 0 Å². The van der Waals surface area contributed by atoms with Crippen molar-refractivity contribution < 1.29 is 0 Å². The first-order chi connectivity index (χ1) is 5.77. The van der Waals surface area contributed by atoms with Crippen molar-refractivity contribution in [2.24, 2.45) is 0 Å². The Balaban J connectivity index is 2.88. The van der Waals surface area contributed by atoms with Crippen molar-refractivity contribution in [3.63, 3.8) is 0 Å². The molecule has 2 aromatic rings. The largest absolute Gasteiger partial charge is 0.139 e. The van der Waals surface area contributed by atoms with Gasteiger partial charge in [0.25, 0.3) is 0 Å². The summed E-state index contributed by atoms with van der Waals surface area (Å²) in [5, 5.41) is 2.58. The van der Waals surface area contributed by atoms with Crippen LogP contribution in [0.15, 0.2) is 40.9 Å². The Morgan fingerprint density at radius 3 is 2.75 bits per heavy atom. The molecule has 0 saturated carbocycles. The van der Waals surface area contributed by atoms with Gasteiger partial charge in [0.2, 0.25) is 0 Å². The maximum Gasteiger partial charge on any atom is 0.139 e. The van der Waals surface area contributed by atoms with Gasteiger partial charge in [0.15, 0.2) is 0 Å². The SMILES string of the molecule is Bc1ccc2cccc(Br)c2c1. The molecule has 0 radical (unpaired) electrons. The molecule has 2 rings (SSSR count). The van der Waals surface area contributed by atoms with Gasteiger partial charge in [0, 0.05) is 4.47 Å². The Morgan fingerprint density at radius 2 is 1.92 bits per heavy atom. The van der Waals surface area contributed by atoms with Crippen LogP contribution < -0.4 is 5.46 Å². The molecule has 0 nitrogen and oxygen atoms in total. The number of hydrogen-bond acceptors (Lipinski definition) is 0. The number of benzene rings is 2. The van der Waals surface area contributed by atoms with E-state index in [2.05, 4.69) is 60.2 Å². The first-order valence-electron chi connectivity index (χ1n) is 3.92. The Morgan fingerprint density at radius 1 is 1.08 bits per heavy atom. The first kappa shape index (κ1) is 7.87. The summed E-state index contributed by atoms with van der Waals surface area (Å²) >= 11 is 3.53. The Kier molecular flexibility index (Phi) is 1.93. The lowest BCUT2D eigenvalue weighted by Crippen LogP contribution is -1.99. The van der Waals surface area contributed by atoms with E-state index >= 15 is 0 Å². The Labute approximate surface area is 81.1 Å². The molecule has 2 aromatic carbocycles. The molecule has 0 bridgehead atoms. The first-order valence-corrected chi connectivity index (χ1v) is 4.71. The molecule has 0 spiro atoms. The van der Waals surface area contributed by atoms with Gasteiger partial charge in [-0.15, -0.1) is 0 Å². The minimum Gasteiger partial charge on any atom is -0.0883 e. The fourth-order valence-corrected chi connectivity index (χ4v) is 1.84. The molecule has 0 saturated heterocycles. The van der Waals surface area contributed by atoms with Gasteiger partial charge in [-0.2, -0.15) is 0 Å². The molecule has 12 heavy (non-hydrogen) atoms. The highest BCUT2D eigenvalue weighted by Crippen LogP contribution is 2.21. The average Bonchev–Trinajstić information content (AvgIpc) is 2.07. The molecular formula is C10H8BBr. The third-order valence-electron chi connectivity index (χ3n) is 1.98. The van der Waals surface area contributed by atoms with Crippen LogP contribution in [-0.4, -0.2) is 7.85 Å². The zero-order valence-corrected chi connectivity index (χ0v) is 8.43. The minimum absolute atomic E-state index is 1.17. The molecule has 0 heterocycles. The summed E-state index contributed by atoms with van der Waals surface area (Å²) in [7, 11) is 2.11. The number of hydrogen-bond donors (Lipinski definition) is 0.